The number of anilines is 1. The molecule has 0 saturated heterocycles. The Morgan fingerprint density at radius 2 is 2.10 bits per heavy atom. The number of aromatic nitrogens is 1. The van der Waals surface area contributed by atoms with Gasteiger partial charge in [0.2, 0.25) is 0 Å². The summed E-state index contributed by atoms with van der Waals surface area (Å²) in [5.74, 6) is 0.499. The molecule has 0 saturated carbocycles. The second-order valence-electron chi connectivity index (χ2n) is 4.54. The summed E-state index contributed by atoms with van der Waals surface area (Å²) < 4.78 is 1.04. The largest absolute Gasteiger partial charge is 0.383 e. The van der Waals surface area contributed by atoms with Gasteiger partial charge in [0.05, 0.1) is 11.1 Å². The molecule has 106 valence electrons. The first-order chi connectivity index (χ1) is 9.63. The van der Waals surface area contributed by atoms with Gasteiger partial charge in [0, 0.05) is 16.2 Å². The molecule has 0 spiro atoms. The predicted molar refractivity (Wildman–Crippen MR) is 87.9 cm³/mol. The lowest BCUT2D eigenvalue weighted by Crippen LogP contribution is -2.24. The Hall–Kier alpha value is -1.10. The number of hydrogen-bond acceptors (Lipinski definition) is 3. The average molecular weight is 355 g/mol. The van der Waals surface area contributed by atoms with E-state index in [-0.39, 0.29) is 6.04 Å². The first kappa shape index (κ1) is 15.3. The zero-order valence-electron chi connectivity index (χ0n) is 11.2. The summed E-state index contributed by atoms with van der Waals surface area (Å²) in [7, 11) is 0. The van der Waals surface area contributed by atoms with E-state index in [1.807, 2.05) is 24.3 Å². The highest BCUT2D eigenvalue weighted by molar-refractivity contribution is 9.10. The minimum Gasteiger partial charge on any atom is -0.383 e. The van der Waals surface area contributed by atoms with Gasteiger partial charge in [0.15, 0.2) is 0 Å². The van der Waals surface area contributed by atoms with E-state index in [1.54, 1.807) is 6.20 Å². The normalized spacial score (nSPS) is 12.3. The second-order valence-corrected chi connectivity index (χ2v) is 5.83. The van der Waals surface area contributed by atoms with Crippen LogP contribution in [0.25, 0.3) is 0 Å². The Balaban J connectivity index is 2.47. The lowest BCUT2D eigenvalue weighted by molar-refractivity contribution is 0.597. The third-order valence-corrected chi connectivity index (χ3v) is 3.97. The number of pyridine rings is 1. The number of nitrogen functional groups attached to an aromatic ring is 1. The van der Waals surface area contributed by atoms with Crippen molar-refractivity contribution in [1.29, 1.82) is 0 Å². The first-order valence-corrected chi connectivity index (χ1v) is 7.69. The van der Waals surface area contributed by atoms with Gasteiger partial charge in [-0.3, -0.25) is 0 Å². The molecule has 2 rings (SSSR count). The molecule has 0 aliphatic heterocycles. The zero-order chi connectivity index (χ0) is 14.5. The fourth-order valence-corrected chi connectivity index (χ4v) is 2.76. The molecule has 0 aliphatic rings. The molecule has 3 nitrogen and oxygen atoms in total. The van der Waals surface area contributed by atoms with Gasteiger partial charge < -0.3 is 11.1 Å². The van der Waals surface area contributed by atoms with Gasteiger partial charge >= 0.3 is 0 Å². The fourth-order valence-electron chi connectivity index (χ4n) is 2.08. The maximum absolute atomic E-state index is 6.06. The third-order valence-electron chi connectivity index (χ3n) is 3.04. The van der Waals surface area contributed by atoms with E-state index < -0.39 is 0 Å². The molecule has 1 aromatic carbocycles. The van der Waals surface area contributed by atoms with E-state index in [0.29, 0.717) is 10.8 Å². The van der Waals surface area contributed by atoms with Crippen molar-refractivity contribution in [3.8, 4) is 0 Å². The quantitative estimate of drug-likeness (QED) is 0.847. The van der Waals surface area contributed by atoms with E-state index in [4.69, 9.17) is 17.3 Å². The van der Waals surface area contributed by atoms with Crippen LogP contribution in [0.4, 0.5) is 5.82 Å². The SMILES string of the molecule is CCCNC(c1ccccc1Br)c1cc(Cl)cnc1N. The maximum atomic E-state index is 6.06. The fraction of sp³-hybridized carbons (Fsp3) is 0.267. The molecule has 1 atom stereocenters. The topological polar surface area (TPSA) is 50.9 Å². The summed E-state index contributed by atoms with van der Waals surface area (Å²) >= 11 is 9.66. The minimum absolute atomic E-state index is 0.0308. The van der Waals surface area contributed by atoms with Crippen molar-refractivity contribution in [2.24, 2.45) is 0 Å². The van der Waals surface area contributed by atoms with E-state index in [0.717, 1.165) is 28.6 Å². The second kappa shape index (κ2) is 7.07. The standard InChI is InChI=1S/C15H17BrClN3/c1-2-7-19-14(11-5-3-4-6-13(11)16)12-8-10(17)9-20-15(12)18/h3-6,8-9,14,19H,2,7H2,1H3,(H2,18,20). The highest BCUT2D eigenvalue weighted by atomic mass is 79.9. The van der Waals surface area contributed by atoms with E-state index >= 15 is 0 Å². The lowest BCUT2D eigenvalue weighted by Gasteiger charge is -2.22. The van der Waals surface area contributed by atoms with Crippen LogP contribution in [-0.4, -0.2) is 11.5 Å². The molecule has 0 aliphatic carbocycles. The Morgan fingerprint density at radius 3 is 2.80 bits per heavy atom. The number of halogens is 2. The molecule has 0 radical (unpaired) electrons. The van der Waals surface area contributed by atoms with Gasteiger partial charge in [0.1, 0.15) is 5.82 Å². The van der Waals surface area contributed by atoms with Crippen molar-refractivity contribution < 1.29 is 0 Å². The third kappa shape index (κ3) is 3.51. The Bertz CT molecular complexity index is 589. The number of rotatable bonds is 5. The van der Waals surface area contributed by atoms with Crippen LogP contribution in [0, 0.1) is 0 Å². The van der Waals surface area contributed by atoms with Crippen LogP contribution in [0.15, 0.2) is 41.0 Å². The van der Waals surface area contributed by atoms with Crippen molar-refractivity contribution >= 4 is 33.3 Å². The number of hydrogen-bond donors (Lipinski definition) is 2. The minimum atomic E-state index is -0.0308. The summed E-state index contributed by atoms with van der Waals surface area (Å²) in [6, 6.07) is 9.93. The maximum Gasteiger partial charge on any atom is 0.128 e. The molecule has 1 heterocycles. The van der Waals surface area contributed by atoms with Crippen LogP contribution in [0.5, 0.6) is 0 Å². The van der Waals surface area contributed by atoms with Crippen LogP contribution < -0.4 is 11.1 Å². The van der Waals surface area contributed by atoms with Crippen molar-refractivity contribution in [1.82, 2.24) is 10.3 Å². The van der Waals surface area contributed by atoms with Crippen LogP contribution in [-0.2, 0) is 0 Å². The van der Waals surface area contributed by atoms with E-state index in [2.05, 4.69) is 39.2 Å². The van der Waals surface area contributed by atoms with Crippen LogP contribution in [0.3, 0.4) is 0 Å². The van der Waals surface area contributed by atoms with Crippen molar-refractivity contribution in [2.75, 3.05) is 12.3 Å². The molecule has 3 N–H and O–H groups in total. The Kier molecular flexibility index (Phi) is 5.40. The first-order valence-electron chi connectivity index (χ1n) is 6.52. The summed E-state index contributed by atoms with van der Waals surface area (Å²) in [5.41, 5.74) is 8.05. The van der Waals surface area contributed by atoms with Crippen LogP contribution >= 0.6 is 27.5 Å². The highest BCUT2D eigenvalue weighted by Gasteiger charge is 2.19. The molecule has 1 unspecified atom stereocenters. The summed E-state index contributed by atoms with van der Waals surface area (Å²) in [6.07, 6.45) is 2.60. The van der Waals surface area contributed by atoms with Crippen LogP contribution in [0.1, 0.15) is 30.5 Å². The molecule has 5 heteroatoms. The molecule has 2 aromatic rings. The van der Waals surface area contributed by atoms with Crippen molar-refractivity contribution in [2.45, 2.75) is 19.4 Å². The van der Waals surface area contributed by atoms with Gasteiger partial charge in [-0.1, -0.05) is 52.7 Å². The highest BCUT2D eigenvalue weighted by Crippen LogP contribution is 2.32. The Labute approximate surface area is 132 Å². The van der Waals surface area contributed by atoms with Gasteiger partial charge in [-0.05, 0) is 30.7 Å². The summed E-state index contributed by atoms with van der Waals surface area (Å²) in [5, 5.41) is 4.09. The van der Waals surface area contributed by atoms with E-state index in [1.165, 1.54) is 0 Å². The summed E-state index contributed by atoms with van der Waals surface area (Å²) in [6.45, 7) is 3.02. The number of nitrogens with zero attached hydrogens (tertiary/aromatic N) is 1. The summed E-state index contributed by atoms with van der Waals surface area (Å²) in [4.78, 5) is 4.15. The number of nitrogens with one attached hydrogen (secondary N) is 1. The van der Waals surface area contributed by atoms with Crippen LogP contribution in [0.2, 0.25) is 5.02 Å². The molecule has 20 heavy (non-hydrogen) atoms. The zero-order valence-corrected chi connectivity index (χ0v) is 13.6. The average Bonchev–Trinajstić information content (AvgIpc) is 2.44. The van der Waals surface area contributed by atoms with Gasteiger partial charge in [0.25, 0.3) is 0 Å². The smallest absolute Gasteiger partial charge is 0.128 e. The molecule has 0 amide bonds. The molecule has 0 bridgehead atoms. The number of benzene rings is 1. The van der Waals surface area contributed by atoms with Gasteiger partial charge in [-0.15, -0.1) is 0 Å². The van der Waals surface area contributed by atoms with Crippen molar-refractivity contribution in [3.05, 3.63) is 57.2 Å². The predicted octanol–water partition coefficient (Wildman–Crippen LogP) is 4.17. The van der Waals surface area contributed by atoms with Crippen molar-refractivity contribution in [3.63, 3.8) is 0 Å². The number of nitrogens with two attached hydrogens (primary N) is 1. The Morgan fingerprint density at radius 1 is 1.35 bits per heavy atom. The van der Waals surface area contributed by atoms with E-state index in [9.17, 15) is 0 Å². The van der Waals surface area contributed by atoms with Gasteiger partial charge in [-0.2, -0.15) is 0 Å². The monoisotopic (exact) mass is 353 g/mol. The van der Waals surface area contributed by atoms with Gasteiger partial charge in [-0.25, -0.2) is 4.98 Å². The molecular formula is C15H17BrClN3. The molecule has 1 aromatic heterocycles. The molecule has 0 fully saturated rings. The lowest BCUT2D eigenvalue weighted by atomic mass is 9.99. The molecular weight excluding hydrogens is 338 g/mol.